The van der Waals surface area contributed by atoms with E-state index in [1.54, 1.807) is 0 Å². The summed E-state index contributed by atoms with van der Waals surface area (Å²) in [6.07, 6.45) is 8.45. The Hall–Kier alpha value is -1.82. The Bertz CT molecular complexity index is 642. The van der Waals surface area contributed by atoms with Gasteiger partial charge in [0.1, 0.15) is 0 Å². The molecular weight excluding hydrogens is 240 g/mol. The van der Waals surface area contributed by atoms with Gasteiger partial charge in [-0.15, -0.1) is 0 Å². The van der Waals surface area contributed by atoms with Gasteiger partial charge in [0.25, 0.3) is 0 Å². The third kappa shape index (κ3) is 1.75. The zero-order chi connectivity index (χ0) is 14.3. The van der Waals surface area contributed by atoms with Crippen molar-refractivity contribution in [3.8, 4) is 0 Å². The minimum atomic E-state index is 0.225. The minimum Gasteiger partial charge on any atom is -0.0988 e. The second-order valence-electron chi connectivity index (χ2n) is 6.25. The van der Waals surface area contributed by atoms with Gasteiger partial charge < -0.3 is 0 Å². The summed E-state index contributed by atoms with van der Waals surface area (Å²) in [5.74, 6) is 0.570. The Morgan fingerprint density at radius 1 is 1.20 bits per heavy atom. The lowest BCUT2D eigenvalue weighted by atomic mass is 9.72. The summed E-state index contributed by atoms with van der Waals surface area (Å²) in [6.45, 7) is 12.7. The molecule has 0 saturated heterocycles. The SMILES string of the molecule is C=CC1=C(C=C)CC(C2(C)Cc3ccccc3C2C)=C1. The minimum absolute atomic E-state index is 0.225. The van der Waals surface area contributed by atoms with Crippen molar-refractivity contribution in [1.29, 1.82) is 0 Å². The number of fused-ring (bicyclic) bond motifs is 1. The van der Waals surface area contributed by atoms with E-state index in [9.17, 15) is 0 Å². The highest BCUT2D eigenvalue weighted by Gasteiger charge is 2.43. The fraction of sp³-hybridized carbons (Fsp3) is 0.300. The van der Waals surface area contributed by atoms with Gasteiger partial charge in [-0.3, -0.25) is 0 Å². The molecule has 0 heteroatoms. The molecule has 0 aromatic heterocycles. The van der Waals surface area contributed by atoms with Crippen LogP contribution in [0.3, 0.4) is 0 Å². The first kappa shape index (κ1) is 13.2. The molecule has 0 heterocycles. The second kappa shape index (κ2) is 4.63. The molecule has 0 N–H and O–H groups in total. The molecule has 2 atom stereocenters. The molecule has 2 unspecified atom stereocenters. The van der Waals surface area contributed by atoms with Crippen LogP contribution in [-0.4, -0.2) is 0 Å². The molecule has 2 aliphatic carbocycles. The van der Waals surface area contributed by atoms with Crippen LogP contribution in [-0.2, 0) is 6.42 Å². The standard InChI is InChI=1S/C20H22/c1-5-15-11-18(12-16(15)6-2)20(4)13-17-9-7-8-10-19(17)14(20)3/h5-11,14H,1-2,12-13H2,3-4H3. The van der Waals surface area contributed by atoms with Crippen LogP contribution in [0, 0.1) is 5.41 Å². The summed E-state index contributed by atoms with van der Waals surface area (Å²) < 4.78 is 0. The van der Waals surface area contributed by atoms with Gasteiger partial charge in [0.15, 0.2) is 0 Å². The molecule has 0 saturated carbocycles. The molecule has 0 bridgehead atoms. The van der Waals surface area contributed by atoms with E-state index in [0.717, 1.165) is 12.8 Å². The summed E-state index contributed by atoms with van der Waals surface area (Å²) in [6, 6.07) is 8.88. The van der Waals surface area contributed by atoms with Gasteiger partial charge in [0.05, 0.1) is 0 Å². The lowest BCUT2D eigenvalue weighted by Crippen LogP contribution is -2.22. The normalized spacial score (nSPS) is 28.3. The summed E-state index contributed by atoms with van der Waals surface area (Å²) in [4.78, 5) is 0. The van der Waals surface area contributed by atoms with E-state index in [0.29, 0.717) is 5.92 Å². The van der Waals surface area contributed by atoms with E-state index in [4.69, 9.17) is 0 Å². The number of hydrogen-bond donors (Lipinski definition) is 0. The van der Waals surface area contributed by atoms with Crippen molar-refractivity contribution in [1.82, 2.24) is 0 Å². The van der Waals surface area contributed by atoms with Crippen LogP contribution in [0.1, 0.15) is 37.3 Å². The third-order valence-electron chi connectivity index (χ3n) is 5.32. The first-order valence-corrected chi connectivity index (χ1v) is 7.37. The van der Waals surface area contributed by atoms with Gasteiger partial charge in [-0.25, -0.2) is 0 Å². The van der Waals surface area contributed by atoms with Crippen molar-refractivity contribution in [3.63, 3.8) is 0 Å². The Kier molecular flexibility index (Phi) is 3.05. The van der Waals surface area contributed by atoms with Crippen LogP contribution in [0.25, 0.3) is 0 Å². The van der Waals surface area contributed by atoms with Gasteiger partial charge in [-0.2, -0.15) is 0 Å². The van der Waals surface area contributed by atoms with Crippen LogP contribution in [0.4, 0.5) is 0 Å². The molecule has 0 radical (unpaired) electrons. The van der Waals surface area contributed by atoms with E-state index in [1.807, 2.05) is 12.2 Å². The fourth-order valence-corrected chi connectivity index (χ4v) is 3.79. The van der Waals surface area contributed by atoms with Crippen molar-refractivity contribution >= 4 is 0 Å². The second-order valence-corrected chi connectivity index (χ2v) is 6.25. The Labute approximate surface area is 122 Å². The molecule has 20 heavy (non-hydrogen) atoms. The van der Waals surface area contributed by atoms with Crippen LogP contribution in [0.2, 0.25) is 0 Å². The summed E-state index contributed by atoms with van der Waals surface area (Å²) in [5, 5.41) is 0. The first-order valence-electron chi connectivity index (χ1n) is 7.37. The predicted octanol–water partition coefficient (Wildman–Crippen LogP) is 5.35. The molecule has 1 aromatic carbocycles. The maximum Gasteiger partial charge on any atom is -0.000322 e. The maximum absolute atomic E-state index is 3.94. The van der Waals surface area contributed by atoms with Gasteiger partial charge in [0, 0.05) is 0 Å². The van der Waals surface area contributed by atoms with E-state index in [2.05, 4.69) is 57.3 Å². The van der Waals surface area contributed by atoms with Gasteiger partial charge in [-0.05, 0) is 46.4 Å². The van der Waals surface area contributed by atoms with E-state index >= 15 is 0 Å². The highest BCUT2D eigenvalue weighted by Crippen LogP contribution is 2.54. The van der Waals surface area contributed by atoms with E-state index in [1.165, 1.54) is 27.8 Å². The zero-order valence-electron chi connectivity index (χ0n) is 12.4. The molecule has 3 rings (SSSR count). The average Bonchev–Trinajstić information content (AvgIpc) is 3.00. The van der Waals surface area contributed by atoms with Gasteiger partial charge >= 0.3 is 0 Å². The van der Waals surface area contributed by atoms with Crippen molar-refractivity contribution in [3.05, 3.63) is 83.5 Å². The third-order valence-corrected chi connectivity index (χ3v) is 5.32. The number of hydrogen-bond acceptors (Lipinski definition) is 0. The van der Waals surface area contributed by atoms with Crippen molar-refractivity contribution in [2.24, 2.45) is 5.41 Å². The lowest BCUT2D eigenvalue weighted by molar-refractivity contribution is 0.354. The van der Waals surface area contributed by atoms with E-state index < -0.39 is 0 Å². The Morgan fingerprint density at radius 3 is 2.55 bits per heavy atom. The Balaban J connectivity index is 1.98. The smallest absolute Gasteiger partial charge is 0.000322 e. The molecule has 1 aromatic rings. The van der Waals surface area contributed by atoms with Crippen LogP contribution in [0.5, 0.6) is 0 Å². The van der Waals surface area contributed by atoms with Crippen molar-refractivity contribution in [2.75, 3.05) is 0 Å². The van der Waals surface area contributed by atoms with Crippen molar-refractivity contribution < 1.29 is 0 Å². The molecule has 0 fully saturated rings. The van der Waals surface area contributed by atoms with Crippen LogP contribution in [0.15, 0.2) is 72.4 Å². The number of rotatable bonds is 3. The fourth-order valence-electron chi connectivity index (χ4n) is 3.79. The number of allylic oxidation sites excluding steroid dienone is 6. The summed E-state index contributed by atoms with van der Waals surface area (Å²) >= 11 is 0. The highest BCUT2D eigenvalue weighted by atomic mass is 14.5. The highest BCUT2D eigenvalue weighted by molar-refractivity contribution is 5.53. The molecular formula is C20H22. The van der Waals surface area contributed by atoms with Crippen LogP contribution >= 0.6 is 0 Å². The topological polar surface area (TPSA) is 0 Å². The Morgan fingerprint density at radius 2 is 1.95 bits per heavy atom. The van der Waals surface area contributed by atoms with E-state index in [-0.39, 0.29) is 5.41 Å². The molecule has 0 spiro atoms. The quantitative estimate of drug-likeness (QED) is 0.688. The first-order chi connectivity index (χ1) is 9.60. The largest absolute Gasteiger partial charge is 0.0988 e. The monoisotopic (exact) mass is 262 g/mol. The molecule has 102 valence electrons. The van der Waals surface area contributed by atoms with Gasteiger partial charge in [0.2, 0.25) is 0 Å². The molecule has 2 aliphatic rings. The summed E-state index contributed by atoms with van der Waals surface area (Å²) in [5.41, 5.74) is 7.35. The lowest BCUT2D eigenvalue weighted by Gasteiger charge is -2.32. The average molecular weight is 262 g/mol. The summed E-state index contributed by atoms with van der Waals surface area (Å²) in [7, 11) is 0. The van der Waals surface area contributed by atoms with Gasteiger partial charge in [-0.1, -0.05) is 75.1 Å². The zero-order valence-corrected chi connectivity index (χ0v) is 12.4. The van der Waals surface area contributed by atoms with Crippen molar-refractivity contribution in [2.45, 2.75) is 32.6 Å². The maximum atomic E-state index is 3.94. The predicted molar refractivity (Wildman–Crippen MR) is 86.8 cm³/mol. The molecule has 0 aliphatic heterocycles. The molecule has 0 nitrogen and oxygen atoms in total. The molecule has 0 amide bonds. The van der Waals surface area contributed by atoms with Crippen LogP contribution < -0.4 is 0 Å². The number of benzene rings is 1.